The lowest BCUT2D eigenvalue weighted by Crippen LogP contribution is -2.47. The lowest BCUT2D eigenvalue weighted by atomic mass is 9.84. The predicted octanol–water partition coefficient (Wildman–Crippen LogP) is 3.79. The molecule has 2 aromatic carbocycles. The highest BCUT2D eigenvalue weighted by molar-refractivity contribution is 5.85. The minimum Gasteiger partial charge on any atom is -0.493 e. The van der Waals surface area contributed by atoms with Crippen molar-refractivity contribution in [3.63, 3.8) is 0 Å². The third kappa shape index (κ3) is 4.02. The molecule has 3 N–H and O–H groups in total. The van der Waals surface area contributed by atoms with Crippen LogP contribution in [0.25, 0.3) is 21.8 Å². The number of ether oxygens (including phenoxy) is 1. The van der Waals surface area contributed by atoms with E-state index in [4.69, 9.17) is 4.74 Å². The third-order valence-corrected chi connectivity index (χ3v) is 6.36. The number of hydrogen-bond donors (Lipinski definition) is 3. The molecule has 4 aromatic rings. The summed E-state index contributed by atoms with van der Waals surface area (Å²) in [5.41, 5.74) is 1.91. The Morgan fingerprint density at radius 3 is 2.81 bits per heavy atom. The fourth-order valence-corrected chi connectivity index (χ4v) is 4.45. The first kappa shape index (κ1) is 20.0. The molecule has 0 radical (unpaired) electrons. The van der Waals surface area contributed by atoms with Gasteiger partial charge in [-0.2, -0.15) is 0 Å². The van der Waals surface area contributed by atoms with Crippen LogP contribution in [0.1, 0.15) is 24.8 Å². The van der Waals surface area contributed by atoms with Gasteiger partial charge >= 0.3 is 0 Å². The van der Waals surface area contributed by atoms with Crippen LogP contribution in [0.15, 0.2) is 67.0 Å². The van der Waals surface area contributed by atoms with Gasteiger partial charge in [0.05, 0.1) is 17.7 Å². The number of aromatic amines is 1. The second kappa shape index (κ2) is 8.30. The van der Waals surface area contributed by atoms with Crippen LogP contribution in [-0.2, 0) is 5.60 Å². The van der Waals surface area contributed by atoms with Gasteiger partial charge in [0.2, 0.25) is 0 Å². The maximum Gasteiger partial charge on any atom is 0.128 e. The van der Waals surface area contributed by atoms with Crippen molar-refractivity contribution in [3.05, 3.63) is 72.6 Å². The van der Waals surface area contributed by atoms with Crippen molar-refractivity contribution in [2.24, 2.45) is 0 Å². The molecule has 0 amide bonds. The zero-order chi connectivity index (χ0) is 21.3. The molecule has 1 saturated heterocycles. The van der Waals surface area contributed by atoms with Crippen LogP contribution in [0.2, 0.25) is 0 Å². The molecule has 1 aliphatic rings. The summed E-state index contributed by atoms with van der Waals surface area (Å²) in [5.74, 6) is 0.822. The molecule has 160 valence electrons. The van der Waals surface area contributed by atoms with Crippen molar-refractivity contribution in [1.29, 1.82) is 0 Å². The molecule has 2 aromatic heterocycles. The summed E-state index contributed by atoms with van der Waals surface area (Å²) in [7, 11) is 0. The Morgan fingerprint density at radius 2 is 1.94 bits per heavy atom. The van der Waals surface area contributed by atoms with Gasteiger partial charge < -0.3 is 19.9 Å². The van der Waals surface area contributed by atoms with E-state index in [0.29, 0.717) is 39.0 Å². The van der Waals surface area contributed by atoms with E-state index in [1.54, 1.807) is 6.20 Å². The number of fused-ring (bicyclic) bond motifs is 2. The van der Waals surface area contributed by atoms with Gasteiger partial charge in [-0.15, -0.1) is 0 Å². The molecule has 0 spiro atoms. The number of hydrogen-bond acceptors (Lipinski definition) is 5. The highest BCUT2D eigenvalue weighted by atomic mass is 16.5. The molecule has 31 heavy (non-hydrogen) atoms. The van der Waals surface area contributed by atoms with Crippen molar-refractivity contribution in [2.75, 3.05) is 19.7 Å². The summed E-state index contributed by atoms with van der Waals surface area (Å²) < 4.78 is 5.93. The van der Waals surface area contributed by atoms with Gasteiger partial charge in [-0.1, -0.05) is 24.3 Å². The zero-order valence-electron chi connectivity index (χ0n) is 17.4. The van der Waals surface area contributed by atoms with Gasteiger partial charge in [0.25, 0.3) is 0 Å². The van der Waals surface area contributed by atoms with Crippen LogP contribution in [0, 0.1) is 0 Å². The predicted molar refractivity (Wildman–Crippen MR) is 121 cm³/mol. The maximum absolute atomic E-state index is 11.2. The van der Waals surface area contributed by atoms with Gasteiger partial charge in [-0.3, -0.25) is 9.88 Å². The Hall–Kier alpha value is -2.93. The number of aromatic nitrogens is 2. The van der Waals surface area contributed by atoms with E-state index in [2.05, 4.69) is 9.97 Å². The number of nitrogens with one attached hydrogen (secondary N) is 1. The fourth-order valence-electron chi connectivity index (χ4n) is 4.45. The number of aliphatic hydroxyl groups is 2. The topological polar surface area (TPSA) is 81.6 Å². The first-order valence-corrected chi connectivity index (χ1v) is 10.8. The maximum atomic E-state index is 11.2. The first-order valence-electron chi connectivity index (χ1n) is 10.8. The van der Waals surface area contributed by atoms with Crippen LogP contribution in [-0.4, -0.2) is 51.0 Å². The Morgan fingerprint density at radius 1 is 1.10 bits per heavy atom. The molecule has 0 unspecified atom stereocenters. The van der Waals surface area contributed by atoms with Crippen LogP contribution >= 0.6 is 0 Å². The van der Waals surface area contributed by atoms with Crippen LogP contribution in [0.4, 0.5) is 0 Å². The monoisotopic (exact) mass is 417 g/mol. The molecule has 1 aliphatic heterocycles. The lowest BCUT2D eigenvalue weighted by Gasteiger charge is -2.40. The van der Waals surface area contributed by atoms with Gasteiger partial charge in [0.15, 0.2) is 0 Å². The third-order valence-electron chi connectivity index (χ3n) is 6.36. The van der Waals surface area contributed by atoms with Crippen molar-refractivity contribution in [1.82, 2.24) is 14.9 Å². The molecular formula is C25H27N3O3. The van der Waals surface area contributed by atoms with Crippen LogP contribution in [0.3, 0.4) is 0 Å². The summed E-state index contributed by atoms with van der Waals surface area (Å²) in [4.78, 5) is 9.69. The highest BCUT2D eigenvalue weighted by Gasteiger charge is 2.36. The number of likely N-dealkylation sites (tertiary alicyclic amines) is 1. The number of nitrogens with zero attached hydrogens (tertiary/aromatic N) is 2. The average Bonchev–Trinajstić information content (AvgIpc) is 3.29. The Balaban J connectivity index is 1.17. The molecule has 5 rings (SSSR count). The minimum atomic E-state index is -0.909. The molecule has 1 fully saturated rings. The zero-order valence-corrected chi connectivity index (χ0v) is 17.4. The largest absolute Gasteiger partial charge is 0.493 e. The summed E-state index contributed by atoms with van der Waals surface area (Å²) in [6, 6.07) is 17.9. The SMILES string of the molecule is O[C@@H](CCOc1cccc2[nH]ccc12)N1CCC(O)(c2cnc3ccccc3c2)CC1. The van der Waals surface area contributed by atoms with E-state index in [1.165, 1.54) is 0 Å². The molecule has 0 saturated carbocycles. The summed E-state index contributed by atoms with van der Waals surface area (Å²) >= 11 is 0. The summed E-state index contributed by atoms with van der Waals surface area (Å²) in [5, 5.41) is 24.0. The second-order valence-corrected chi connectivity index (χ2v) is 8.30. The number of aliphatic hydroxyl groups excluding tert-OH is 1. The molecular weight excluding hydrogens is 390 g/mol. The van der Waals surface area contributed by atoms with E-state index in [1.807, 2.05) is 65.7 Å². The van der Waals surface area contributed by atoms with Gasteiger partial charge in [-0.05, 0) is 43.2 Å². The van der Waals surface area contributed by atoms with E-state index in [0.717, 1.165) is 33.1 Å². The number of pyridine rings is 1. The van der Waals surface area contributed by atoms with Crippen molar-refractivity contribution in [2.45, 2.75) is 31.1 Å². The van der Waals surface area contributed by atoms with Gasteiger partial charge in [0, 0.05) is 53.8 Å². The first-order chi connectivity index (χ1) is 15.1. The number of rotatable bonds is 6. The molecule has 6 heteroatoms. The number of para-hydroxylation sites is 1. The van der Waals surface area contributed by atoms with Gasteiger partial charge in [-0.25, -0.2) is 0 Å². The van der Waals surface area contributed by atoms with Gasteiger partial charge in [0.1, 0.15) is 12.0 Å². The number of H-pyrrole nitrogens is 1. The molecule has 0 bridgehead atoms. The minimum absolute atomic E-state index is 0.431. The molecule has 3 heterocycles. The normalized spacial score (nSPS) is 17.7. The van der Waals surface area contributed by atoms with Crippen molar-refractivity contribution >= 4 is 21.8 Å². The number of piperidine rings is 1. The molecule has 1 atom stereocenters. The average molecular weight is 418 g/mol. The number of benzene rings is 2. The summed E-state index contributed by atoms with van der Waals surface area (Å²) in [6.07, 6.45) is 4.72. The van der Waals surface area contributed by atoms with E-state index in [9.17, 15) is 10.2 Å². The standard InChI is InChI=1S/C25H27N3O3/c29-24(9-15-31-23-7-3-6-22-20(23)8-12-26-22)28-13-10-25(30,11-14-28)19-16-18-4-1-2-5-21(18)27-17-19/h1-8,12,16-17,24,26,29-30H,9-11,13-15H2/t24-/m0/s1. The van der Waals surface area contributed by atoms with E-state index < -0.39 is 11.8 Å². The summed E-state index contributed by atoms with van der Waals surface area (Å²) in [6.45, 7) is 1.68. The molecule has 0 aliphatic carbocycles. The quantitative estimate of drug-likeness (QED) is 0.445. The second-order valence-electron chi connectivity index (χ2n) is 8.30. The van der Waals surface area contributed by atoms with E-state index >= 15 is 0 Å². The van der Waals surface area contributed by atoms with Crippen molar-refractivity contribution < 1.29 is 14.9 Å². The van der Waals surface area contributed by atoms with Crippen LogP contribution in [0.5, 0.6) is 5.75 Å². The van der Waals surface area contributed by atoms with E-state index in [-0.39, 0.29) is 0 Å². The lowest BCUT2D eigenvalue weighted by molar-refractivity contribution is -0.0819. The fraction of sp³-hybridized carbons (Fsp3) is 0.320. The van der Waals surface area contributed by atoms with Crippen LogP contribution < -0.4 is 4.74 Å². The Labute approximate surface area is 181 Å². The molecule has 6 nitrogen and oxygen atoms in total. The Bertz CT molecular complexity index is 1180. The van der Waals surface area contributed by atoms with Crippen molar-refractivity contribution in [3.8, 4) is 5.75 Å². The Kier molecular flexibility index (Phi) is 5.36. The highest BCUT2D eigenvalue weighted by Crippen LogP contribution is 2.34. The smallest absolute Gasteiger partial charge is 0.128 e.